The van der Waals surface area contributed by atoms with Gasteiger partial charge in [-0.3, -0.25) is 0 Å². The molecule has 3 unspecified atom stereocenters. The molecule has 0 aromatic heterocycles. The van der Waals surface area contributed by atoms with E-state index in [4.69, 9.17) is 10.8 Å². The summed E-state index contributed by atoms with van der Waals surface area (Å²) < 4.78 is 0. The molecule has 4 nitrogen and oxygen atoms in total. The van der Waals surface area contributed by atoms with E-state index in [1.807, 2.05) is 13.1 Å². The minimum absolute atomic E-state index is 0.197. The Balaban J connectivity index is 1.75. The summed E-state index contributed by atoms with van der Waals surface area (Å²) in [6.45, 7) is 0.981. The third kappa shape index (κ3) is 2.23. The molecule has 108 valence electrons. The number of fused-ring (bicyclic) bond motifs is 2. The van der Waals surface area contributed by atoms with Crippen LogP contribution in [0.1, 0.15) is 36.0 Å². The van der Waals surface area contributed by atoms with Crippen LogP contribution >= 0.6 is 0 Å². The molecule has 0 amide bonds. The first-order chi connectivity index (χ1) is 9.56. The first kappa shape index (κ1) is 13.3. The van der Waals surface area contributed by atoms with Crippen LogP contribution in [0.4, 0.5) is 11.4 Å². The smallest absolute Gasteiger partial charge is 0.337 e. The third-order valence-electron chi connectivity index (χ3n) is 5.12. The molecular weight excluding hydrogens is 252 g/mol. The van der Waals surface area contributed by atoms with Crippen molar-refractivity contribution in [2.24, 2.45) is 17.8 Å². The maximum absolute atomic E-state index is 11.1. The summed E-state index contributed by atoms with van der Waals surface area (Å²) in [6.07, 6.45) is 5.49. The van der Waals surface area contributed by atoms with Gasteiger partial charge in [-0.05, 0) is 49.1 Å². The lowest BCUT2D eigenvalue weighted by atomic mass is 9.88. The second-order valence-electron chi connectivity index (χ2n) is 6.36. The molecule has 1 aromatic carbocycles. The Morgan fingerprint density at radius 3 is 2.80 bits per heavy atom. The van der Waals surface area contributed by atoms with Crippen molar-refractivity contribution in [1.82, 2.24) is 0 Å². The highest BCUT2D eigenvalue weighted by Gasteiger charge is 2.39. The Bertz CT molecular complexity index is 529. The van der Waals surface area contributed by atoms with Gasteiger partial charge in [0.1, 0.15) is 0 Å². The minimum atomic E-state index is -0.960. The molecule has 2 bridgehead atoms. The molecule has 4 heteroatoms. The molecule has 3 rings (SSSR count). The fourth-order valence-electron chi connectivity index (χ4n) is 4.12. The molecule has 3 N–H and O–H groups in total. The van der Waals surface area contributed by atoms with Crippen LogP contribution < -0.4 is 10.6 Å². The van der Waals surface area contributed by atoms with Crippen LogP contribution in [0.15, 0.2) is 18.2 Å². The SMILES string of the molecule is CN(CC1CC2CCC1C2)c1cccc(C(=O)O)c1N. The number of para-hydroxylation sites is 1. The number of benzene rings is 1. The van der Waals surface area contributed by atoms with Gasteiger partial charge in [-0.25, -0.2) is 4.79 Å². The van der Waals surface area contributed by atoms with Crippen molar-refractivity contribution in [2.75, 3.05) is 24.2 Å². The molecule has 3 atom stereocenters. The van der Waals surface area contributed by atoms with E-state index in [1.54, 1.807) is 12.1 Å². The number of nitrogens with zero attached hydrogens (tertiary/aromatic N) is 1. The van der Waals surface area contributed by atoms with Gasteiger partial charge in [0.25, 0.3) is 0 Å². The van der Waals surface area contributed by atoms with E-state index >= 15 is 0 Å². The zero-order valence-electron chi connectivity index (χ0n) is 11.9. The predicted molar refractivity (Wildman–Crippen MR) is 80.0 cm³/mol. The fourth-order valence-corrected chi connectivity index (χ4v) is 4.12. The van der Waals surface area contributed by atoms with Gasteiger partial charge in [0, 0.05) is 13.6 Å². The standard InChI is InChI=1S/C16H22N2O2/c1-18(9-12-8-10-5-6-11(12)7-10)14-4-2-3-13(15(14)17)16(19)20/h2-4,10-12H,5-9,17H2,1H3,(H,19,20). The highest BCUT2D eigenvalue weighted by atomic mass is 16.4. The largest absolute Gasteiger partial charge is 0.478 e. The van der Waals surface area contributed by atoms with Gasteiger partial charge in [-0.15, -0.1) is 0 Å². The van der Waals surface area contributed by atoms with Gasteiger partial charge in [-0.1, -0.05) is 12.5 Å². The fraction of sp³-hybridized carbons (Fsp3) is 0.562. The first-order valence-corrected chi connectivity index (χ1v) is 7.39. The van der Waals surface area contributed by atoms with E-state index in [2.05, 4.69) is 4.90 Å². The van der Waals surface area contributed by atoms with Crippen LogP contribution in [0, 0.1) is 17.8 Å². The second kappa shape index (κ2) is 5.00. The molecule has 0 spiro atoms. The number of nitrogen functional groups attached to an aromatic ring is 1. The van der Waals surface area contributed by atoms with Crippen LogP contribution in [-0.4, -0.2) is 24.7 Å². The van der Waals surface area contributed by atoms with E-state index in [0.717, 1.165) is 30.0 Å². The van der Waals surface area contributed by atoms with Crippen molar-refractivity contribution in [3.63, 3.8) is 0 Å². The number of rotatable bonds is 4. The lowest BCUT2D eigenvalue weighted by Gasteiger charge is -2.29. The van der Waals surface area contributed by atoms with Crippen molar-refractivity contribution in [3.8, 4) is 0 Å². The summed E-state index contributed by atoms with van der Waals surface area (Å²) in [5.74, 6) is 1.58. The van der Waals surface area contributed by atoms with Gasteiger partial charge >= 0.3 is 5.97 Å². The van der Waals surface area contributed by atoms with Crippen molar-refractivity contribution in [1.29, 1.82) is 0 Å². The van der Waals surface area contributed by atoms with Crippen molar-refractivity contribution in [3.05, 3.63) is 23.8 Å². The van der Waals surface area contributed by atoms with Crippen LogP contribution in [0.25, 0.3) is 0 Å². The summed E-state index contributed by atoms with van der Waals surface area (Å²) >= 11 is 0. The van der Waals surface area contributed by atoms with Gasteiger partial charge in [0.15, 0.2) is 0 Å². The molecule has 0 heterocycles. The van der Waals surface area contributed by atoms with E-state index < -0.39 is 5.97 Å². The highest BCUT2D eigenvalue weighted by molar-refractivity contribution is 5.97. The van der Waals surface area contributed by atoms with Gasteiger partial charge in [0.2, 0.25) is 0 Å². The summed E-state index contributed by atoms with van der Waals surface area (Å²) in [7, 11) is 2.02. The molecule has 0 radical (unpaired) electrons. The van der Waals surface area contributed by atoms with Crippen LogP contribution in [0.2, 0.25) is 0 Å². The van der Waals surface area contributed by atoms with Crippen LogP contribution in [0.3, 0.4) is 0 Å². The Morgan fingerprint density at radius 1 is 1.40 bits per heavy atom. The van der Waals surface area contributed by atoms with E-state index in [9.17, 15) is 4.79 Å². The quantitative estimate of drug-likeness (QED) is 0.829. The molecule has 2 saturated carbocycles. The van der Waals surface area contributed by atoms with Crippen molar-refractivity contribution < 1.29 is 9.90 Å². The first-order valence-electron chi connectivity index (χ1n) is 7.39. The van der Waals surface area contributed by atoms with E-state index in [0.29, 0.717) is 5.69 Å². The number of nitrogens with two attached hydrogens (primary N) is 1. The number of anilines is 2. The minimum Gasteiger partial charge on any atom is -0.478 e. The van der Waals surface area contributed by atoms with E-state index in [1.165, 1.54) is 25.7 Å². The molecule has 20 heavy (non-hydrogen) atoms. The van der Waals surface area contributed by atoms with Gasteiger partial charge in [-0.2, -0.15) is 0 Å². The zero-order valence-corrected chi connectivity index (χ0v) is 11.9. The monoisotopic (exact) mass is 274 g/mol. The molecule has 2 aliphatic carbocycles. The average Bonchev–Trinajstić information content (AvgIpc) is 3.00. The number of carboxylic acids is 1. The highest BCUT2D eigenvalue weighted by Crippen LogP contribution is 2.48. The van der Waals surface area contributed by atoms with Crippen molar-refractivity contribution >= 4 is 17.3 Å². The number of carbonyl (C=O) groups is 1. The lowest BCUT2D eigenvalue weighted by Crippen LogP contribution is -2.29. The lowest BCUT2D eigenvalue weighted by molar-refractivity contribution is 0.0698. The van der Waals surface area contributed by atoms with Crippen molar-refractivity contribution in [2.45, 2.75) is 25.7 Å². The molecular formula is C16H22N2O2. The van der Waals surface area contributed by atoms with Crippen LogP contribution in [-0.2, 0) is 0 Å². The third-order valence-corrected chi connectivity index (χ3v) is 5.12. The maximum Gasteiger partial charge on any atom is 0.337 e. The van der Waals surface area contributed by atoms with E-state index in [-0.39, 0.29) is 5.56 Å². The summed E-state index contributed by atoms with van der Waals surface area (Å²) in [5.41, 5.74) is 7.43. The Kier molecular flexibility index (Phi) is 3.32. The zero-order chi connectivity index (χ0) is 14.3. The Hall–Kier alpha value is -1.71. The number of aromatic carboxylic acids is 1. The Labute approximate surface area is 119 Å². The topological polar surface area (TPSA) is 66.6 Å². The maximum atomic E-state index is 11.1. The molecule has 2 aliphatic rings. The summed E-state index contributed by atoms with van der Waals surface area (Å²) in [4.78, 5) is 13.3. The molecule has 0 saturated heterocycles. The average molecular weight is 274 g/mol. The molecule has 0 aliphatic heterocycles. The predicted octanol–water partition coefficient (Wildman–Crippen LogP) is 2.84. The van der Waals surface area contributed by atoms with Gasteiger partial charge in [0.05, 0.1) is 16.9 Å². The normalized spacial score (nSPS) is 27.8. The summed E-state index contributed by atoms with van der Waals surface area (Å²) in [5, 5.41) is 9.14. The second-order valence-corrected chi connectivity index (χ2v) is 6.36. The molecule has 2 fully saturated rings. The number of hydrogen-bond donors (Lipinski definition) is 2. The molecule has 1 aromatic rings. The summed E-state index contributed by atoms with van der Waals surface area (Å²) in [6, 6.07) is 5.24. The number of hydrogen-bond acceptors (Lipinski definition) is 3. The Morgan fingerprint density at radius 2 is 2.20 bits per heavy atom. The van der Waals surface area contributed by atoms with Crippen LogP contribution in [0.5, 0.6) is 0 Å². The number of carboxylic acid groups (broad SMARTS) is 1. The van der Waals surface area contributed by atoms with Gasteiger partial charge < -0.3 is 15.7 Å².